The number of thioether (sulfide) groups is 1. The highest BCUT2D eigenvalue weighted by molar-refractivity contribution is 7.99. The number of nitro benzene ring substituents is 1. The number of carbonyl (C=O) groups is 1. The average molecular weight is 488 g/mol. The minimum atomic E-state index is -0.570. The molecule has 1 aromatic heterocycles. The Bertz CT molecular complexity index is 1180. The van der Waals surface area contributed by atoms with E-state index in [2.05, 4.69) is 15.5 Å². The Balaban J connectivity index is 1.68. The van der Waals surface area contributed by atoms with Crippen LogP contribution in [0.25, 0.3) is 0 Å². The minimum absolute atomic E-state index is 0.0116. The van der Waals surface area contributed by atoms with Gasteiger partial charge in [-0.2, -0.15) is 0 Å². The van der Waals surface area contributed by atoms with Crippen LogP contribution in [0.3, 0.4) is 0 Å². The summed E-state index contributed by atoms with van der Waals surface area (Å²) in [6.45, 7) is 2.58. The fraction of sp³-hybridized carbons (Fsp3) is 0.318. The largest absolute Gasteiger partial charge is 0.496 e. The first-order chi connectivity index (χ1) is 16.4. The van der Waals surface area contributed by atoms with Crippen LogP contribution in [0.2, 0.25) is 0 Å². The second-order valence-corrected chi connectivity index (χ2v) is 7.93. The number of aromatic nitrogens is 3. The van der Waals surface area contributed by atoms with Gasteiger partial charge in [0, 0.05) is 13.0 Å². The Hall–Kier alpha value is -3.80. The summed E-state index contributed by atoms with van der Waals surface area (Å²) < 4.78 is 17.6. The molecule has 12 heteroatoms. The van der Waals surface area contributed by atoms with E-state index >= 15 is 0 Å². The highest BCUT2D eigenvalue weighted by Gasteiger charge is 2.19. The van der Waals surface area contributed by atoms with Crippen molar-refractivity contribution in [3.63, 3.8) is 0 Å². The first-order valence-electron chi connectivity index (χ1n) is 10.3. The van der Waals surface area contributed by atoms with Gasteiger partial charge in [-0.15, -0.1) is 10.2 Å². The average Bonchev–Trinajstić information content (AvgIpc) is 3.23. The normalized spacial score (nSPS) is 10.6. The standard InChI is InChI=1S/C22H25N5O6S/c1-5-26-20(11-14-6-9-18(32-3)19(10-14)33-4)24-25-22(26)34-13-21(28)23-16-8-7-15(31-2)12-17(16)27(29)30/h6-10,12H,5,11,13H2,1-4H3,(H,23,28). The molecule has 0 spiro atoms. The fourth-order valence-corrected chi connectivity index (χ4v) is 4.08. The van der Waals surface area contributed by atoms with Crippen molar-refractivity contribution in [2.24, 2.45) is 0 Å². The van der Waals surface area contributed by atoms with E-state index in [0.717, 1.165) is 11.4 Å². The number of anilines is 1. The van der Waals surface area contributed by atoms with E-state index in [-0.39, 0.29) is 17.1 Å². The third-order valence-corrected chi connectivity index (χ3v) is 5.89. The van der Waals surface area contributed by atoms with Gasteiger partial charge >= 0.3 is 0 Å². The van der Waals surface area contributed by atoms with E-state index in [1.165, 1.54) is 31.0 Å². The molecule has 0 saturated heterocycles. The van der Waals surface area contributed by atoms with Crippen molar-refractivity contribution in [3.8, 4) is 17.2 Å². The number of nitro groups is 1. The molecule has 1 amide bonds. The van der Waals surface area contributed by atoms with Gasteiger partial charge in [-0.25, -0.2) is 0 Å². The number of hydrogen-bond acceptors (Lipinski definition) is 9. The van der Waals surface area contributed by atoms with Crippen LogP contribution in [0.5, 0.6) is 17.2 Å². The Morgan fingerprint density at radius 1 is 1.09 bits per heavy atom. The summed E-state index contributed by atoms with van der Waals surface area (Å²) >= 11 is 1.20. The number of benzene rings is 2. The molecule has 34 heavy (non-hydrogen) atoms. The zero-order chi connectivity index (χ0) is 24.7. The molecule has 3 rings (SSSR count). The lowest BCUT2D eigenvalue weighted by Crippen LogP contribution is -2.16. The topological polar surface area (TPSA) is 131 Å². The molecule has 11 nitrogen and oxygen atoms in total. The number of amides is 1. The smallest absolute Gasteiger partial charge is 0.296 e. The lowest BCUT2D eigenvalue weighted by molar-refractivity contribution is -0.384. The van der Waals surface area contributed by atoms with Crippen molar-refractivity contribution in [1.29, 1.82) is 0 Å². The molecular weight excluding hydrogens is 462 g/mol. The van der Waals surface area contributed by atoms with Crippen molar-refractivity contribution < 1.29 is 23.9 Å². The summed E-state index contributed by atoms with van der Waals surface area (Å²) in [5.41, 5.74) is 0.829. The first kappa shape index (κ1) is 24.8. The Morgan fingerprint density at radius 2 is 1.85 bits per heavy atom. The van der Waals surface area contributed by atoms with Crippen LogP contribution in [-0.4, -0.2) is 52.7 Å². The van der Waals surface area contributed by atoms with Gasteiger partial charge in [0.25, 0.3) is 5.69 Å². The summed E-state index contributed by atoms with van der Waals surface area (Å²) in [7, 11) is 4.57. The molecule has 0 radical (unpaired) electrons. The Labute approximate surface area is 200 Å². The van der Waals surface area contributed by atoms with Crippen molar-refractivity contribution >= 4 is 29.0 Å². The summed E-state index contributed by atoms with van der Waals surface area (Å²) in [6, 6.07) is 9.89. The van der Waals surface area contributed by atoms with Gasteiger partial charge in [0.15, 0.2) is 16.7 Å². The quantitative estimate of drug-likeness (QED) is 0.245. The van der Waals surface area contributed by atoms with Crippen LogP contribution in [-0.2, 0) is 17.8 Å². The molecule has 0 bridgehead atoms. The zero-order valence-corrected chi connectivity index (χ0v) is 20.0. The van der Waals surface area contributed by atoms with E-state index < -0.39 is 10.8 Å². The van der Waals surface area contributed by atoms with Gasteiger partial charge in [-0.1, -0.05) is 17.8 Å². The lowest BCUT2D eigenvalue weighted by atomic mass is 10.1. The fourth-order valence-electron chi connectivity index (χ4n) is 3.26. The van der Waals surface area contributed by atoms with Crippen LogP contribution >= 0.6 is 11.8 Å². The predicted molar refractivity (Wildman–Crippen MR) is 127 cm³/mol. The molecule has 1 heterocycles. The van der Waals surface area contributed by atoms with Gasteiger partial charge in [0.05, 0.1) is 38.1 Å². The molecule has 0 saturated carbocycles. The first-order valence-corrected chi connectivity index (χ1v) is 11.3. The number of ether oxygens (including phenoxy) is 3. The van der Waals surface area contributed by atoms with Crippen molar-refractivity contribution in [2.75, 3.05) is 32.4 Å². The third kappa shape index (κ3) is 5.76. The van der Waals surface area contributed by atoms with Crippen LogP contribution in [0, 0.1) is 10.1 Å². The molecule has 2 aromatic carbocycles. The monoisotopic (exact) mass is 487 g/mol. The SMILES string of the molecule is CCn1c(Cc2ccc(OC)c(OC)c2)nnc1SCC(=O)Nc1ccc(OC)cc1[N+](=O)[O-]. The molecule has 0 unspecified atom stereocenters. The molecule has 0 aliphatic carbocycles. The minimum Gasteiger partial charge on any atom is -0.496 e. The number of methoxy groups -OCH3 is 3. The van der Waals surface area contributed by atoms with E-state index in [1.807, 2.05) is 29.7 Å². The second-order valence-electron chi connectivity index (χ2n) is 6.99. The number of carbonyl (C=O) groups excluding carboxylic acids is 1. The van der Waals surface area contributed by atoms with Crippen molar-refractivity contribution in [2.45, 2.75) is 25.0 Å². The van der Waals surface area contributed by atoms with E-state index in [9.17, 15) is 14.9 Å². The number of nitrogens with zero attached hydrogens (tertiary/aromatic N) is 4. The molecule has 0 atom stereocenters. The summed E-state index contributed by atoms with van der Waals surface area (Å²) in [6.07, 6.45) is 0.520. The molecule has 3 aromatic rings. The molecule has 0 aliphatic rings. The Morgan fingerprint density at radius 3 is 2.50 bits per heavy atom. The van der Waals surface area contributed by atoms with Gasteiger partial charge in [-0.3, -0.25) is 14.9 Å². The number of hydrogen-bond donors (Lipinski definition) is 1. The third-order valence-electron chi connectivity index (χ3n) is 4.93. The molecule has 0 fully saturated rings. The summed E-state index contributed by atoms with van der Waals surface area (Å²) in [5, 5.41) is 23.0. The molecule has 180 valence electrons. The van der Waals surface area contributed by atoms with Crippen molar-refractivity contribution in [1.82, 2.24) is 14.8 Å². The van der Waals surface area contributed by atoms with Crippen LogP contribution in [0.1, 0.15) is 18.3 Å². The van der Waals surface area contributed by atoms with E-state index in [0.29, 0.717) is 35.4 Å². The Kier molecular flexibility index (Phi) is 8.30. The van der Waals surface area contributed by atoms with E-state index in [4.69, 9.17) is 14.2 Å². The van der Waals surface area contributed by atoms with E-state index in [1.54, 1.807) is 20.3 Å². The summed E-state index contributed by atoms with van der Waals surface area (Å²) in [4.78, 5) is 23.2. The molecule has 0 aliphatic heterocycles. The second kappa shape index (κ2) is 11.4. The van der Waals surface area contributed by atoms with Crippen molar-refractivity contribution in [3.05, 3.63) is 57.9 Å². The molecular formula is C22H25N5O6S. The van der Waals surface area contributed by atoms with Crippen LogP contribution in [0.15, 0.2) is 41.6 Å². The highest BCUT2D eigenvalue weighted by Crippen LogP contribution is 2.30. The van der Waals surface area contributed by atoms with Gasteiger partial charge in [0.1, 0.15) is 17.3 Å². The maximum absolute atomic E-state index is 12.5. The lowest BCUT2D eigenvalue weighted by Gasteiger charge is -2.11. The molecule has 1 N–H and O–H groups in total. The maximum Gasteiger partial charge on any atom is 0.296 e. The zero-order valence-electron chi connectivity index (χ0n) is 19.2. The van der Waals surface area contributed by atoms with Gasteiger partial charge < -0.3 is 24.1 Å². The maximum atomic E-state index is 12.5. The van der Waals surface area contributed by atoms with Crippen LogP contribution < -0.4 is 19.5 Å². The number of rotatable bonds is 11. The van der Waals surface area contributed by atoms with Gasteiger partial charge in [0.2, 0.25) is 5.91 Å². The van der Waals surface area contributed by atoms with Gasteiger partial charge in [-0.05, 0) is 36.8 Å². The highest BCUT2D eigenvalue weighted by atomic mass is 32.2. The summed E-state index contributed by atoms with van der Waals surface area (Å²) in [5.74, 6) is 1.95. The van der Waals surface area contributed by atoms with Crippen LogP contribution in [0.4, 0.5) is 11.4 Å². The number of nitrogens with one attached hydrogen (secondary N) is 1. The predicted octanol–water partition coefficient (Wildman–Crippen LogP) is 3.55.